The molecule has 1 aromatic carbocycles. The second-order valence-electron chi connectivity index (χ2n) is 4.21. The molecule has 0 saturated heterocycles. The molecule has 2 rings (SSSR count). The van der Waals surface area contributed by atoms with Gasteiger partial charge in [-0.15, -0.1) is 0 Å². The number of thioether (sulfide) groups is 1. The van der Waals surface area contributed by atoms with Crippen LogP contribution in [0.1, 0.15) is 22.3 Å². The molecular weight excluding hydrogens is 250 g/mol. The normalized spacial score (nSPS) is 15.6. The molecule has 5 heteroatoms. The Morgan fingerprint density at radius 1 is 1.50 bits per heavy atom. The minimum atomic E-state index is -1.18. The second kappa shape index (κ2) is 5.44. The highest BCUT2D eigenvalue weighted by Gasteiger charge is 2.32. The van der Waals surface area contributed by atoms with Gasteiger partial charge >= 0.3 is 0 Å². The molecule has 0 fully saturated rings. The molecule has 1 amide bonds. The number of hydrogen-bond donors (Lipinski definition) is 0. The fourth-order valence-electron chi connectivity index (χ4n) is 2.16. The van der Waals surface area contributed by atoms with E-state index in [1.54, 1.807) is 23.9 Å². The van der Waals surface area contributed by atoms with Crippen LogP contribution in [0.15, 0.2) is 24.3 Å². The lowest BCUT2D eigenvalue weighted by Gasteiger charge is -2.28. The molecular formula is C13H14NO3S-. The van der Waals surface area contributed by atoms with Gasteiger partial charge in [0.2, 0.25) is 0 Å². The van der Waals surface area contributed by atoms with Crippen LogP contribution < -0.4 is 5.11 Å². The van der Waals surface area contributed by atoms with Crippen molar-refractivity contribution in [1.82, 2.24) is 4.90 Å². The molecule has 0 aliphatic carbocycles. The molecule has 0 unspecified atom stereocenters. The summed E-state index contributed by atoms with van der Waals surface area (Å²) in [7, 11) is 0. The minimum absolute atomic E-state index is 0.207. The number of carboxylic acid groups (broad SMARTS) is 1. The molecule has 1 aromatic rings. The van der Waals surface area contributed by atoms with E-state index in [-0.39, 0.29) is 5.91 Å². The Morgan fingerprint density at radius 3 is 2.83 bits per heavy atom. The van der Waals surface area contributed by atoms with Crippen LogP contribution in [0, 0.1) is 0 Å². The van der Waals surface area contributed by atoms with E-state index in [2.05, 4.69) is 0 Å². The fraction of sp³-hybridized carbons (Fsp3) is 0.385. The summed E-state index contributed by atoms with van der Waals surface area (Å²) in [5, 5.41) is 11.2. The number of carbonyl (C=O) groups is 2. The number of nitrogens with zero attached hydrogens (tertiary/aromatic N) is 1. The summed E-state index contributed by atoms with van der Waals surface area (Å²) in [4.78, 5) is 24.7. The third kappa shape index (κ3) is 2.36. The molecule has 0 bridgehead atoms. The van der Waals surface area contributed by atoms with Crippen molar-refractivity contribution in [3.63, 3.8) is 0 Å². The molecule has 0 saturated carbocycles. The van der Waals surface area contributed by atoms with Crippen LogP contribution in [0.25, 0.3) is 0 Å². The van der Waals surface area contributed by atoms with Gasteiger partial charge < -0.3 is 14.8 Å². The first-order chi connectivity index (χ1) is 8.65. The Balaban J connectivity index is 2.20. The van der Waals surface area contributed by atoms with Gasteiger partial charge in [0, 0.05) is 12.1 Å². The van der Waals surface area contributed by atoms with Crippen molar-refractivity contribution in [2.24, 2.45) is 0 Å². The number of fused-ring (bicyclic) bond motifs is 1. The van der Waals surface area contributed by atoms with Crippen LogP contribution in [-0.4, -0.2) is 34.8 Å². The zero-order chi connectivity index (χ0) is 13.1. The van der Waals surface area contributed by atoms with Crippen LogP contribution in [0.2, 0.25) is 0 Å². The van der Waals surface area contributed by atoms with Crippen molar-refractivity contribution < 1.29 is 14.7 Å². The smallest absolute Gasteiger partial charge is 0.255 e. The third-order valence-corrected chi connectivity index (χ3v) is 3.74. The average Bonchev–Trinajstić information content (AvgIpc) is 2.68. The van der Waals surface area contributed by atoms with Gasteiger partial charge in [0.25, 0.3) is 5.91 Å². The number of benzene rings is 1. The summed E-state index contributed by atoms with van der Waals surface area (Å²) in [5.74, 6) is -0.690. The number of amides is 1. The van der Waals surface area contributed by atoms with Crippen molar-refractivity contribution in [2.75, 3.05) is 12.0 Å². The van der Waals surface area contributed by atoms with Crippen LogP contribution in [0.4, 0.5) is 0 Å². The van der Waals surface area contributed by atoms with Crippen molar-refractivity contribution in [2.45, 2.75) is 19.0 Å². The van der Waals surface area contributed by atoms with Gasteiger partial charge in [0.1, 0.15) is 0 Å². The second-order valence-corrected chi connectivity index (χ2v) is 5.19. The third-order valence-electron chi connectivity index (χ3n) is 3.09. The molecule has 0 spiro atoms. The van der Waals surface area contributed by atoms with E-state index in [9.17, 15) is 14.7 Å². The predicted octanol–water partition coefficient (Wildman–Crippen LogP) is 0.514. The molecule has 1 heterocycles. The van der Waals surface area contributed by atoms with Gasteiger partial charge in [0.15, 0.2) is 0 Å². The Labute approximate surface area is 110 Å². The van der Waals surface area contributed by atoms with Gasteiger partial charge in [-0.25, -0.2) is 0 Å². The number of carboxylic acids is 1. The molecule has 4 nitrogen and oxygen atoms in total. The lowest BCUT2D eigenvalue weighted by Crippen LogP contribution is -2.48. The first-order valence-corrected chi connectivity index (χ1v) is 7.13. The van der Waals surface area contributed by atoms with E-state index in [4.69, 9.17) is 0 Å². The number of rotatable bonds is 5. The summed E-state index contributed by atoms with van der Waals surface area (Å²) < 4.78 is 0. The highest BCUT2D eigenvalue weighted by atomic mass is 32.2. The molecule has 0 radical (unpaired) electrons. The first kappa shape index (κ1) is 13.0. The van der Waals surface area contributed by atoms with E-state index in [1.165, 1.54) is 4.90 Å². The number of aliphatic carboxylic acids is 1. The summed E-state index contributed by atoms with van der Waals surface area (Å²) in [5.41, 5.74) is 1.49. The van der Waals surface area contributed by atoms with E-state index in [1.807, 2.05) is 18.4 Å². The maximum Gasteiger partial charge on any atom is 0.255 e. The number of hydrogen-bond acceptors (Lipinski definition) is 4. The first-order valence-electron chi connectivity index (χ1n) is 5.74. The van der Waals surface area contributed by atoms with Crippen LogP contribution in [-0.2, 0) is 11.3 Å². The largest absolute Gasteiger partial charge is 0.548 e. The van der Waals surface area contributed by atoms with Gasteiger partial charge in [-0.3, -0.25) is 4.79 Å². The lowest BCUT2D eigenvalue weighted by atomic mass is 10.1. The van der Waals surface area contributed by atoms with Crippen LogP contribution in [0.5, 0.6) is 0 Å². The zero-order valence-corrected chi connectivity index (χ0v) is 10.9. The van der Waals surface area contributed by atoms with Crippen LogP contribution in [0.3, 0.4) is 0 Å². The molecule has 96 valence electrons. The quantitative estimate of drug-likeness (QED) is 0.777. The van der Waals surface area contributed by atoms with Gasteiger partial charge in [-0.2, -0.15) is 11.8 Å². The average molecular weight is 264 g/mol. The maximum atomic E-state index is 12.1. The van der Waals surface area contributed by atoms with Crippen LogP contribution >= 0.6 is 11.8 Å². The molecule has 1 aliphatic heterocycles. The Kier molecular flexibility index (Phi) is 3.91. The summed E-state index contributed by atoms with van der Waals surface area (Å²) >= 11 is 1.56. The molecule has 1 atom stereocenters. The van der Waals surface area contributed by atoms with E-state index < -0.39 is 12.0 Å². The molecule has 0 aromatic heterocycles. The lowest BCUT2D eigenvalue weighted by molar-refractivity contribution is -0.311. The molecule has 18 heavy (non-hydrogen) atoms. The predicted molar refractivity (Wildman–Crippen MR) is 68.1 cm³/mol. The Hall–Kier alpha value is -1.49. The number of carbonyl (C=O) groups excluding carboxylic acids is 2. The van der Waals surface area contributed by atoms with E-state index in [0.717, 1.165) is 5.56 Å². The fourth-order valence-corrected chi connectivity index (χ4v) is 2.62. The maximum absolute atomic E-state index is 12.1. The highest BCUT2D eigenvalue weighted by molar-refractivity contribution is 7.98. The standard InChI is InChI=1S/C13H15NO3S/c1-18-7-6-11(13(16)17)14-8-9-4-2-3-5-10(9)12(14)15/h2-5,11H,6-8H2,1H3,(H,16,17)/p-1/t11-/m0/s1. The summed E-state index contributed by atoms with van der Waals surface area (Å²) in [6, 6.07) is 6.39. The topological polar surface area (TPSA) is 60.4 Å². The summed E-state index contributed by atoms with van der Waals surface area (Å²) in [6.45, 7) is 0.363. The highest BCUT2D eigenvalue weighted by Crippen LogP contribution is 2.25. The SMILES string of the molecule is CSCC[C@@H](C(=O)[O-])N1Cc2ccccc2C1=O. The minimum Gasteiger partial charge on any atom is -0.548 e. The molecule has 1 aliphatic rings. The van der Waals surface area contributed by atoms with Gasteiger partial charge in [-0.1, -0.05) is 18.2 Å². The molecule has 0 N–H and O–H groups in total. The Morgan fingerprint density at radius 2 is 2.22 bits per heavy atom. The Bertz CT molecular complexity index is 475. The van der Waals surface area contributed by atoms with E-state index in [0.29, 0.717) is 24.3 Å². The monoisotopic (exact) mass is 264 g/mol. The van der Waals surface area contributed by atoms with Gasteiger partial charge in [0.05, 0.1) is 12.0 Å². The summed E-state index contributed by atoms with van der Waals surface area (Å²) in [6.07, 6.45) is 2.33. The van der Waals surface area contributed by atoms with Gasteiger partial charge in [-0.05, 0) is 30.1 Å². The van der Waals surface area contributed by atoms with Crippen molar-refractivity contribution >= 4 is 23.6 Å². The van der Waals surface area contributed by atoms with Crippen molar-refractivity contribution in [1.29, 1.82) is 0 Å². The van der Waals surface area contributed by atoms with Crippen molar-refractivity contribution in [3.8, 4) is 0 Å². The van der Waals surface area contributed by atoms with E-state index >= 15 is 0 Å². The van der Waals surface area contributed by atoms with Crippen molar-refractivity contribution in [3.05, 3.63) is 35.4 Å². The zero-order valence-electron chi connectivity index (χ0n) is 10.1.